The minimum atomic E-state index is -2.40. The van der Waals surface area contributed by atoms with Crippen LogP contribution in [-0.2, 0) is 0 Å². The highest BCUT2D eigenvalue weighted by atomic mass is 16.5. The van der Waals surface area contributed by atoms with E-state index in [0.717, 1.165) is 94.7 Å². The monoisotopic (exact) mass is 878 g/mol. The van der Waals surface area contributed by atoms with Crippen LogP contribution in [0.15, 0.2) is 225 Å². The minimum Gasteiger partial charge on any atom is -0.496 e. The summed E-state index contributed by atoms with van der Waals surface area (Å²) in [5.41, 5.74) is 19.0. The summed E-state index contributed by atoms with van der Waals surface area (Å²) < 4.78 is 35.0. The number of aryl methyl sites for hydroxylation is 3. The van der Waals surface area contributed by atoms with E-state index in [1.165, 1.54) is 11.1 Å². The highest BCUT2D eigenvalue weighted by molar-refractivity contribution is 5.99. The third-order valence-corrected chi connectivity index (χ3v) is 12.8. The van der Waals surface area contributed by atoms with Crippen LogP contribution in [0.5, 0.6) is 5.75 Å². The van der Waals surface area contributed by atoms with Crippen LogP contribution >= 0.6 is 0 Å². The molecule has 0 fully saturated rings. The van der Waals surface area contributed by atoms with Gasteiger partial charge in [-0.15, -0.1) is 0 Å². The zero-order valence-corrected chi connectivity index (χ0v) is 38.1. The second kappa shape index (κ2) is 18.0. The molecule has 0 N–H and O–H groups in total. The van der Waals surface area contributed by atoms with Gasteiger partial charge in [-0.3, -0.25) is 9.55 Å². The molecule has 0 amide bonds. The van der Waals surface area contributed by atoms with Gasteiger partial charge in [-0.25, -0.2) is 4.98 Å². The van der Waals surface area contributed by atoms with Crippen LogP contribution in [0.4, 0.5) is 0 Å². The van der Waals surface area contributed by atoms with E-state index in [4.69, 9.17) is 18.8 Å². The molecule has 326 valence electrons. The Hall–Kier alpha value is -8.60. The molecule has 11 aromatic rings. The van der Waals surface area contributed by atoms with Crippen molar-refractivity contribution in [3.05, 3.63) is 241 Å². The number of pyridine rings is 1. The summed E-state index contributed by atoms with van der Waals surface area (Å²) in [5, 5.41) is 0. The maximum Gasteiger partial charge on any atom is 0.149 e. The van der Waals surface area contributed by atoms with Gasteiger partial charge in [0.05, 0.1) is 35.1 Å². The van der Waals surface area contributed by atoms with Crippen LogP contribution in [0.2, 0.25) is 0 Å². The van der Waals surface area contributed by atoms with E-state index >= 15 is 0 Å². The number of para-hydroxylation sites is 1. The topological polar surface area (TPSA) is 39.9 Å². The Morgan fingerprint density at radius 3 is 1.65 bits per heavy atom. The van der Waals surface area contributed by atoms with Crippen molar-refractivity contribution >= 4 is 11.0 Å². The highest BCUT2D eigenvalue weighted by Gasteiger charge is 2.25. The smallest absolute Gasteiger partial charge is 0.149 e. The Labute approximate surface area is 402 Å². The zero-order chi connectivity index (χ0) is 48.6. The van der Waals surface area contributed by atoms with Gasteiger partial charge in [-0.05, 0) is 148 Å². The fourth-order valence-corrected chi connectivity index (χ4v) is 9.61. The van der Waals surface area contributed by atoms with Crippen LogP contribution in [-0.4, -0.2) is 21.6 Å². The first-order valence-electron chi connectivity index (χ1n) is 24.4. The Morgan fingerprint density at radius 1 is 0.426 bits per heavy atom. The number of rotatable bonds is 10. The van der Waals surface area contributed by atoms with Crippen LogP contribution < -0.4 is 4.74 Å². The van der Waals surface area contributed by atoms with Crippen molar-refractivity contribution in [2.75, 3.05) is 7.11 Å². The number of hydrogen-bond acceptors (Lipinski definition) is 3. The fraction of sp³-hybridized carbons (Fsp3) is 0.0625. The maximum atomic E-state index is 8.84. The molecule has 2 heterocycles. The van der Waals surface area contributed by atoms with Gasteiger partial charge in [0.15, 0.2) is 0 Å². The number of fused-ring (bicyclic) bond motifs is 1. The molecular weight excluding hydrogens is 827 g/mol. The lowest BCUT2D eigenvalue weighted by molar-refractivity contribution is 0.413. The number of aromatic nitrogens is 3. The quantitative estimate of drug-likeness (QED) is 0.137. The van der Waals surface area contributed by atoms with Crippen molar-refractivity contribution in [3.8, 4) is 101 Å². The van der Waals surface area contributed by atoms with Crippen molar-refractivity contribution in [2.24, 2.45) is 0 Å². The number of methoxy groups -OCH3 is 1. The van der Waals surface area contributed by atoms with Crippen molar-refractivity contribution in [2.45, 2.75) is 20.7 Å². The summed E-state index contributed by atoms with van der Waals surface area (Å²) in [6, 6.07) is 74.8. The largest absolute Gasteiger partial charge is 0.496 e. The molecule has 68 heavy (non-hydrogen) atoms. The lowest BCUT2D eigenvalue weighted by Crippen LogP contribution is -2.04. The molecule has 0 atom stereocenters. The summed E-state index contributed by atoms with van der Waals surface area (Å²) in [6.45, 7) is 1.74. The molecule has 4 heteroatoms. The van der Waals surface area contributed by atoms with Gasteiger partial charge in [0.2, 0.25) is 0 Å². The van der Waals surface area contributed by atoms with Crippen LogP contribution in [0, 0.1) is 20.7 Å². The van der Waals surface area contributed by atoms with E-state index in [0.29, 0.717) is 17.1 Å². The maximum absolute atomic E-state index is 8.84. The molecule has 11 rings (SSSR count). The Balaban J connectivity index is 1.17. The van der Waals surface area contributed by atoms with Gasteiger partial charge in [-0.1, -0.05) is 164 Å². The first-order chi connectivity index (χ1) is 34.6. The fourth-order valence-electron chi connectivity index (χ4n) is 9.61. The molecule has 0 saturated carbocycles. The molecule has 2 aromatic heterocycles. The Bertz CT molecular complexity index is 3720. The van der Waals surface area contributed by atoms with Crippen molar-refractivity contribution < 1.29 is 8.85 Å². The Morgan fingerprint density at radius 2 is 1.00 bits per heavy atom. The molecule has 0 bridgehead atoms. The molecule has 0 aliphatic carbocycles. The van der Waals surface area contributed by atoms with Gasteiger partial charge in [-0.2, -0.15) is 0 Å². The third-order valence-electron chi connectivity index (χ3n) is 12.8. The lowest BCUT2D eigenvalue weighted by atomic mass is 9.93. The van der Waals surface area contributed by atoms with E-state index in [1.54, 1.807) is 7.11 Å². The van der Waals surface area contributed by atoms with Crippen LogP contribution in [0.3, 0.4) is 0 Å². The first kappa shape index (κ1) is 38.6. The zero-order valence-electron chi connectivity index (χ0n) is 41.1. The van der Waals surface area contributed by atoms with Gasteiger partial charge in [0.25, 0.3) is 0 Å². The van der Waals surface area contributed by atoms with Gasteiger partial charge < -0.3 is 4.74 Å². The molecule has 9 aromatic carbocycles. The standard InChI is InChI=1S/C64H49N3O/c1-42-34-44(3)63(68-4)58(35-42)64-66-62-55(26-17-27-60(62)67(64)61-41-56(49-22-13-7-14-23-49)43(2)36-57(61)50-24-15-8-16-25-50)53-37-52(46-20-11-6-12-21-46)38-54(39-53)59-40-51(32-33-65-59)48-30-28-47(29-31-48)45-18-9-5-10-19-45/h5-41H,1-4H3/i2D3. The summed E-state index contributed by atoms with van der Waals surface area (Å²) in [7, 11) is 1.70. The minimum absolute atomic E-state index is 0.272. The summed E-state index contributed by atoms with van der Waals surface area (Å²) >= 11 is 0. The van der Waals surface area contributed by atoms with Gasteiger partial charge in [0, 0.05) is 27.0 Å². The van der Waals surface area contributed by atoms with Crippen molar-refractivity contribution in [1.82, 2.24) is 14.5 Å². The molecule has 0 spiro atoms. The van der Waals surface area contributed by atoms with E-state index in [-0.39, 0.29) is 5.56 Å². The predicted octanol–water partition coefficient (Wildman–Crippen LogP) is 16.7. The number of benzene rings is 9. The molecule has 0 unspecified atom stereocenters. The average Bonchev–Trinajstić information content (AvgIpc) is 3.81. The second-order valence-electron chi connectivity index (χ2n) is 17.3. The highest BCUT2D eigenvalue weighted by Crippen LogP contribution is 2.44. The van der Waals surface area contributed by atoms with E-state index < -0.39 is 6.85 Å². The summed E-state index contributed by atoms with van der Waals surface area (Å²) in [4.78, 5) is 10.7. The summed E-state index contributed by atoms with van der Waals surface area (Å²) in [5.74, 6) is 1.38. The number of nitrogens with zero attached hydrogens (tertiary/aromatic N) is 3. The molecule has 0 saturated heterocycles. The lowest BCUT2D eigenvalue weighted by Gasteiger charge is -2.20. The van der Waals surface area contributed by atoms with Crippen LogP contribution in [0.1, 0.15) is 20.8 Å². The Kier molecular flexibility index (Phi) is 10.2. The van der Waals surface area contributed by atoms with Crippen molar-refractivity contribution in [3.63, 3.8) is 0 Å². The van der Waals surface area contributed by atoms with Crippen molar-refractivity contribution in [1.29, 1.82) is 0 Å². The van der Waals surface area contributed by atoms with Gasteiger partial charge >= 0.3 is 0 Å². The molecule has 0 aliphatic rings. The van der Waals surface area contributed by atoms with E-state index in [1.807, 2.05) is 91.1 Å². The normalized spacial score (nSPS) is 12.1. The molecule has 0 aliphatic heterocycles. The molecular formula is C64H49N3O. The predicted molar refractivity (Wildman–Crippen MR) is 283 cm³/mol. The van der Waals surface area contributed by atoms with E-state index in [2.05, 4.69) is 152 Å². The third kappa shape index (κ3) is 7.97. The second-order valence-corrected chi connectivity index (χ2v) is 17.3. The molecule has 4 nitrogen and oxygen atoms in total. The summed E-state index contributed by atoms with van der Waals surface area (Å²) in [6.07, 6.45) is 1.89. The SMILES string of the molecule is [2H]C([2H])([2H])c1cc(-c2ccccc2)c(-n2c(-c3cc(C)cc(C)c3OC)nc3c(-c4cc(-c5ccccc5)cc(-c5cc(-c6ccc(-c7ccccc7)cc6)ccn5)c4)cccc32)cc1-c1ccccc1. The number of ether oxygens (including phenoxy) is 1. The average molecular weight is 879 g/mol. The number of imidazole rings is 1. The van der Waals surface area contributed by atoms with E-state index in [9.17, 15) is 0 Å². The first-order valence-corrected chi connectivity index (χ1v) is 22.9. The van der Waals surface area contributed by atoms with Crippen LogP contribution in [0.25, 0.3) is 106 Å². The number of hydrogen-bond donors (Lipinski definition) is 0. The molecule has 0 radical (unpaired) electrons. The van der Waals surface area contributed by atoms with Gasteiger partial charge in [0.1, 0.15) is 11.6 Å².